The SMILES string of the molecule is CCN(CCNC(=O)CN(CC(=O)N(C)N1Cc2ccccc2C1)c1cc(-c2noc(C)n2)ccc1F)C(=O)OC(C)(C)C. The lowest BCUT2D eigenvalue weighted by Gasteiger charge is -2.31. The van der Waals surface area contributed by atoms with Crippen molar-refractivity contribution in [3.8, 4) is 11.4 Å². The maximum atomic E-state index is 15.3. The zero-order chi connectivity index (χ0) is 32.0. The molecule has 0 radical (unpaired) electrons. The second kappa shape index (κ2) is 13.8. The lowest BCUT2D eigenvalue weighted by molar-refractivity contribution is -0.145. The minimum Gasteiger partial charge on any atom is -0.444 e. The number of aryl methyl sites for hydroxylation is 1. The van der Waals surface area contributed by atoms with E-state index in [1.165, 1.54) is 33.0 Å². The molecule has 0 unspecified atom stereocenters. The van der Waals surface area contributed by atoms with Crippen LogP contribution in [0.2, 0.25) is 0 Å². The number of anilines is 1. The Bertz CT molecular complexity index is 1460. The van der Waals surface area contributed by atoms with Crippen LogP contribution < -0.4 is 10.2 Å². The van der Waals surface area contributed by atoms with Crippen LogP contribution in [0.15, 0.2) is 47.0 Å². The lowest BCUT2D eigenvalue weighted by atomic mass is 10.1. The molecule has 0 fully saturated rings. The molecule has 1 aliphatic rings. The predicted octanol–water partition coefficient (Wildman–Crippen LogP) is 3.75. The van der Waals surface area contributed by atoms with Gasteiger partial charge in [-0.3, -0.25) is 14.6 Å². The Balaban J connectivity index is 1.48. The minimum atomic E-state index is -0.648. The average molecular weight is 610 g/mol. The van der Waals surface area contributed by atoms with Crippen molar-refractivity contribution in [1.82, 2.24) is 30.4 Å². The molecule has 44 heavy (non-hydrogen) atoms. The van der Waals surface area contributed by atoms with E-state index in [1.807, 2.05) is 36.2 Å². The maximum Gasteiger partial charge on any atom is 0.410 e. The standard InChI is InChI=1S/C31H40FN7O5/c1-7-37(30(42)43-31(3,4)5)15-14-33-27(40)19-38(26-16-22(12-13-25(26)32)29-34-21(2)44-35-29)20-28(41)36(6)39-17-23-10-8-9-11-24(23)18-39/h8-13,16H,7,14-15,17-20H2,1-6H3,(H,33,40). The van der Waals surface area contributed by atoms with Crippen LogP contribution in [-0.4, -0.2) is 88.3 Å². The molecule has 1 aliphatic heterocycles. The number of hydrogen-bond donors (Lipinski definition) is 1. The number of amides is 3. The molecule has 12 nitrogen and oxygen atoms in total. The fraction of sp³-hybridized carbons (Fsp3) is 0.452. The number of likely N-dealkylation sites (N-methyl/N-ethyl adjacent to an activating group) is 2. The Morgan fingerprint density at radius 2 is 1.77 bits per heavy atom. The van der Waals surface area contributed by atoms with Crippen LogP contribution in [0.3, 0.4) is 0 Å². The Hall–Kier alpha value is -4.52. The van der Waals surface area contributed by atoms with Gasteiger partial charge < -0.3 is 24.4 Å². The minimum absolute atomic E-state index is 0.0375. The highest BCUT2D eigenvalue weighted by molar-refractivity contribution is 5.87. The Kier molecular flexibility index (Phi) is 10.2. The molecule has 0 saturated heterocycles. The van der Waals surface area contributed by atoms with Gasteiger partial charge in [-0.2, -0.15) is 4.98 Å². The van der Waals surface area contributed by atoms with Gasteiger partial charge >= 0.3 is 6.09 Å². The number of fused-ring (bicyclic) bond motifs is 1. The molecule has 3 aromatic rings. The van der Waals surface area contributed by atoms with E-state index < -0.39 is 23.4 Å². The Morgan fingerprint density at radius 3 is 2.36 bits per heavy atom. The molecule has 0 spiro atoms. The number of benzene rings is 2. The molecule has 2 aromatic carbocycles. The van der Waals surface area contributed by atoms with E-state index >= 15 is 4.39 Å². The molecule has 0 saturated carbocycles. The van der Waals surface area contributed by atoms with Crippen molar-refractivity contribution in [1.29, 1.82) is 0 Å². The van der Waals surface area contributed by atoms with E-state index in [0.717, 1.165) is 11.1 Å². The van der Waals surface area contributed by atoms with E-state index in [2.05, 4.69) is 15.5 Å². The van der Waals surface area contributed by atoms with Crippen molar-refractivity contribution in [2.45, 2.75) is 53.3 Å². The first-order valence-corrected chi connectivity index (χ1v) is 14.5. The lowest BCUT2D eigenvalue weighted by Crippen LogP contribution is -2.48. The van der Waals surface area contributed by atoms with Gasteiger partial charge in [0.15, 0.2) is 0 Å². The van der Waals surface area contributed by atoms with Gasteiger partial charge in [-0.05, 0) is 57.0 Å². The van der Waals surface area contributed by atoms with Crippen molar-refractivity contribution in [3.63, 3.8) is 0 Å². The van der Waals surface area contributed by atoms with Gasteiger partial charge in [-0.1, -0.05) is 29.4 Å². The van der Waals surface area contributed by atoms with Crippen LogP contribution in [0.1, 0.15) is 44.7 Å². The summed E-state index contributed by atoms with van der Waals surface area (Å²) in [6, 6.07) is 12.2. The Morgan fingerprint density at radius 1 is 1.09 bits per heavy atom. The zero-order valence-corrected chi connectivity index (χ0v) is 26.1. The van der Waals surface area contributed by atoms with Gasteiger partial charge in [0.25, 0.3) is 5.91 Å². The number of halogens is 1. The maximum absolute atomic E-state index is 15.3. The van der Waals surface area contributed by atoms with E-state index in [0.29, 0.717) is 31.1 Å². The van der Waals surface area contributed by atoms with Gasteiger partial charge in [0.05, 0.1) is 18.8 Å². The summed E-state index contributed by atoms with van der Waals surface area (Å²) in [4.78, 5) is 46.2. The van der Waals surface area contributed by atoms with Crippen molar-refractivity contribution in [2.24, 2.45) is 0 Å². The third kappa shape index (κ3) is 8.31. The molecule has 2 heterocycles. The summed E-state index contributed by atoms with van der Waals surface area (Å²) in [5, 5.41) is 10.1. The quantitative estimate of drug-likeness (QED) is 0.346. The summed E-state index contributed by atoms with van der Waals surface area (Å²) in [5.74, 6) is -0.790. The van der Waals surface area contributed by atoms with Crippen LogP contribution in [0, 0.1) is 12.7 Å². The van der Waals surface area contributed by atoms with Gasteiger partial charge in [0.1, 0.15) is 11.4 Å². The monoisotopic (exact) mass is 609 g/mol. The number of hydrogen-bond acceptors (Lipinski definition) is 9. The molecular weight excluding hydrogens is 569 g/mol. The number of aromatic nitrogens is 2. The van der Waals surface area contributed by atoms with Crippen LogP contribution in [0.5, 0.6) is 0 Å². The molecule has 1 aromatic heterocycles. The first-order valence-electron chi connectivity index (χ1n) is 14.5. The van der Waals surface area contributed by atoms with Gasteiger partial charge in [-0.25, -0.2) is 14.2 Å². The summed E-state index contributed by atoms with van der Waals surface area (Å²) in [6.07, 6.45) is -0.482. The molecule has 1 N–H and O–H groups in total. The summed E-state index contributed by atoms with van der Waals surface area (Å²) in [5.41, 5.74) is 2.12. The highest BCUT2D eigenvalue weighted by atomic mass is 19.1. The normalized spacial score (nSPS) is 12.9. The van der Waals surface area contributed by atoms with Crippen molar-refractivity contribution in [2.75, 3.05) is 44.7 Å². The fourth-order valence-electron chi connectivity index (χ4n) is 4.75. The molecule has 3 amide bonds. The van der Waals surface area contributed by atoms with E-state index in [9.17, 15) is 14.4 Å². The first kappa shape index (κ1) is 32.4. The number of rotatable bonds is 11. The summed E-state index contributed by atoms with van der Waals surface area (Å²) >= 11 is 0. The first-order chi connectivity index (χ1) is 20.8. The number of nitrogens with zero attached hydrogens (tertiary/aromatic N) is 6. The number of nitrogens with one attached hydrogen (secondary N) is 1. The Labute approximate surface area is 256 Å². The predicted molar refractivity (Wildman–Crippen MR) is 162 cm³/mol. The smallest absolute Gasteiger partial charge is 0.410 e. The van der Waals surface area contributed by atoms with Gasteiger partial charge in [-0.15, -0.1) is 0 Å². The molecular formula is C31H40FN7O5. The van der Waals surface area contributed by atoms with Gasteiger partial charge in [0.2, 0.25) is 17.6 Å². The number of hydrazine groups is 1. The summed E-state index contributed by atoms with van der Waals surface area (Å²) < 4.78 is 25.8. The fourth-order valence-corrected chi connectivity index (χ4v) is 4.75. The topological polar surface area (TPSA) is 124 Å². The molecule has 236 valence electrons. The largest absolute Gasteiger partial charge is 0.444 e. The second-order valence-corrected chi connectivity index (χ2v) is 11.6. The van der Waals surface area contributed by atoms with Crippen molar-refractivity contribution in [3.05, 3.63) is 65.3 Å². The number of carbonyl (C=O) groups excluding carboxylic acids is 3. The highest BCUT2D eigenvalue weighted by Crippen LogP contribution is 2.27. The average Bonchev–Trinajstić information content (AvgIpc) is 3.60. The third-order valence-electron chi connectivity index (χ3n) is 7.08. The molecule has 0 bridgehead atoms. The molecule has 13 heteroatoms. The van der Waals surface area contributed by atoms with Crippen LogP contribution in [-0.2, 0) is 27.4 Å². The molecule has 0 aliphatic carbocycles. The second-order valence-electron chi connectivity index (χ2n) is 11.6. The molecule has 4 rings (SSSR count). The van der Waals surface area contributed by atoms with E-state index in [1.54, 1.807) is 34.7 Å². The third-order valence-corrected chi connectivity index (χ3v) is 7.08. The number of carbonyl (C=O) groups is 3. The van der Waals surface area contributed by atoms with Crippen molar-refractivity contribution >= 4 is 23.6 Å². The van der Waals surface area contributed by atoms with E-state index in [4.69, 9.17) is 9.26 Å². The van der Waals surface area contributed by atoms with Crippen LogP contribution in [0.4, 0.5) is 14.9 Å². The van der Waals surface area contributed by atoms with Crippen LogP contribution in [0.25, 0.3) is 11.4 Å². The van der Waals surface area contributed by atoms with E-state index in [-0.39, 0.29) is 43.6 Å². The number of ether oxygens (including phenoxy) is 1. The van der Waals surface area contributed by atoms with Crippen LogP contribution >= 0.6 is 0 Å². The van der Waals surface area contributed by atoms with Gasteiger partial charge in [0, 0.05) is 52.3 Å². The zero-order valence-electron chi connectivity index (χ0n) is 26.1. The summed E-state index contributed by atoms with van der Waals surface area (Å²) in [6.45, 7) is 10.1. The highest BCUT2D eigenvalue weighted by Gasteiger charge is 2.28. The van der Waals surface area contributed by atoms with Crippen molar-refractivity contribution < 1.29 is 28.0 Å². The molecule has 0 atom stereocenters. The summed E-state index contributed by atoms with van der Waals surface area (Å²) in [7, 11) is 1.66.